The highest BCUT2D eigenvalue weighted by atomic mass is 35.5. The Labute approximate surface area is 243 Å². The summed E-state index contributed by atoms with van der Waals surface area (Å²) in [6.07, 6.45) is 2.59. The number of nitriles is 1. The lowest BCUT2D eigenvalue weighted by molar-refractivity contribution is -0.117. The molecule has 1 aliphatic heterocycles. The molecule has 4 aromatic rings. The normalized spacial score (nSPS) is 16.2. The molecule has 5 rings (SSSR count). The molecule has 39 heavy (non-hydrogen) atoms. The van der Waals surface area contributed by atoms with E-state index in [1.54, 1.807) is 36.5 Å². The zero-order valence-electron chi connectivity index (χ0n) is 20.3. The third-order valence-electron chi connectivity index (χ3n) is 5.98. The zero-order chi connectivity index (χ0) is 27.4. The Balaban J connectivity index is 1.42. The Morgan fingerprint density at radius 3 is 2.28 bits per heavy atom. The Morgan fingerprint density at radius 2 is 1.62 bits per heavy atom. The number of thioether (sulfide) groups is 1. The third-order valence-corrected chi connectivity index (χ3v) is 8.89. The van der Waals surface area contributed by atoms with Gasteiger partial charge < -0.3 is 0 Å². The number of hydrogen-bond donors (Lipinski definition) is 1. The number of para-hydroxylation sites is 1. The van der Waals surface area contributed by atoms with Crippen LogP contribution in [0.15, 0.2) is 95.7 Å². The van der Waals surface area contributed by atoms with Gasteiger partial charge in [-0.2, -0.15) is 5.26 Å². The molecule has 0 unspecified atom stereocenters. The second-order valence-electron chi connectivity index (χ2n) is 8.56. The van der Waals surface area contributed by atoms with E-state index in [0.29, 0.717) is 33.7 Å². The van der Waals surface area contributed by atoms with E-state index in [1.165, 1.54) is 28.0 Å². The van der Waals surface area contributed by atoms with Crippen molar-refractivity contribution in [3.63, 3.8) is 0 Å². The smallest absolute Gasteiger partial charge is 0.270 e. The van der Waals surface area contributed by atoms with E-state index in [4.69, 9.17) is 23.2 Å². The summed E-state index contributed by atoms with van der Waals surface area (Å²) in [4.78, 5) is 33.6. The molecule has 0 bridgehead atoms. The van der Waals surface area contributed by atoms with Crippen LogP contribution in [-0.2, 0) is 22.4 Å². The van der Waals surface area contributed by atoms with E-state index in [2.05, 4.69) is 10.3 Å². The van der Waals surface area contributed by atoms with Gasteiger partial charge >= 0.3 is 0 Å². The summed E-state index contributed by atoms with van der Waals surface area (Å²) in [5, 5.41) is 14.1. The summed E-state index contributed by atoms with van der Waals surface area (Å²) in [7, 11) is 0. The van der Waals surface area contributed by atoms with Crippen molar-refractivity contribution >= 4 is 68.9 Å². The monoisotopic (exact) mass is 590 g/mol. The average molecular weight is 592 g/mol. The maximum absolute atomic E-state index is 13.6. The van der Waals surface area contributed by atoms with Crippen LogP contribution >= 0.6 is 46.3 Å². The van der Waals surface area contributed by atoms with Crippen molar-refractivity contribution < 1.29 is 9.59 Å². The molecule has 1 N–H and O–H groups in total. The summed E-state index contributed by atoms with van der Waals surface area (Å²) in [5.74, 6) is -0.858. The standard InChI is InChI=1S/C29H20Cl2N4O2S2/c30-23-12-6-4-8-18(23)14-21-17-33-29(38-21)34-26(36)22(16-32)28-35(20-10-2-1-3-11-20)27(37)25(39-28)15-19-9-5-7-13-24(19)31/h1-13,17,25H,14-15H2,(H,33,34,36)/b28-22-/t25-/m0/s1. The highest BCUT2D eigenvalue weighted by Gasteiger charge is 2.41. The minimum Gasteiger partial charge on any atom is -0.297 e. The van der Waals surface area contributed by atoms with Gasteiger partial charge in [-0.05, 0) is 41.8 Å². The zero-order valence-corrected chi connectivity index (χ0v) is 23.4. The van der Waals surface area contributed by atoms with Crippen molar-refractivity contribution in [1.82, 2.24) is 4.98 Å². The summed E-state index contributed by atoms with van der Waals surface area (Å²) >= 11 is 15.1. The Hall–Kier alpha value is -3.61. The largest absolute Gasteiger partial charge is 0.297 e. The van der Waals surface area contributed by atoms with E-state index in [0.717, 1.165) is 16.0 Å². The van der Waals surface area contributed by atoms with Crippen molar-refractivity contribution in [2.75, 3.05) is 10.2 Å². The molecule has 2 amide bonds. The van der Waals surface area contributed by atoms with Gasteiger partial charge in [0.2, 0.25) is 5.91 Å². The Kier molecular flexibility index (Phi) is 8.34. The fourth-order valence-electron chi connectivity index (χ4n) is 4.10. The number of rotatable bonds is 7. The van der Waals surface area contributed by atoms with Crippen molar-refractivity contribution in [1.29, 1.82) is 5.26 Å². The number of amides is 2. The van der Waals surface area contributed by atoms with Gasteiger partial charge in [-0.3, -0.25) is 19.8 Å². The van der Waals surface area contributed by atoms with E-state index >= 15 is 0 Å². The molecule has 2 heterocycles. The molecule has 1 aliphatic rings. The maximum Gasteiger partial charge on any atom is 0.270 e. The number of carbonyl (C=O) groups excluding carboxylic acids is 2. The minimum atomic E-state index is -0.634. The van der Waals surface area contributed by atoms with Gasteiger partial charge in [0, 0.05) is 33.2 Å². The SMILES string of the molecule is N#C/C(C(=O)Nc1ncc(Cc2ccccc2Cl)s1)=C1/S[C@@H](Cc2ccccc2Cl)C(=O)N1c1ccccc1. The lowest BCUT2D eigenvalue weighted by Crippen LogP contribution is -2.30. The fraction of sp³-hybridized carbons (Fsp3) is 0.103. The number of carbonyl (C=O) groups is 2. The second-order valence-corrected chi connectivity index (χ2v) is 11.7. The minimum absolute atomic E-state index is 0.165. The number of benzene rings is 3. The van der Waals surface area contributed by atoms with Gasteiger partial charge in [0.05, 0.1) is 5.25 Å². The van der Waals surface area contributed by atoms with Crippen LogP contribution < -0.4 is 10.2 Å². The van der Waals surface area contributed by atoms with Crippen molar-refractivity contribution in [2.24, 2.45) is 0 Å². The molecule has 0 radical (unpaired) electrons. The first-order valence-corrected chi connectivity index (χ1v) is 14.3. The van der Waals surface area contributed by atoms with Crippen LogP contribution in [0.25, 0.3) is 0 Å². The first-order valence-electron chi connectivity index (χ1n) is 11.9. The molecular formula is C29H20Cl2N4O2S2. The molecule has 10 heteroatoms. The van der Waals surface area contributed by atoms with Crippen LogP contribution in [0.5, 0.6) is 0 Å². The number of nitrogens with one attached hydrogen (secondary N) is 1. The number of anilines is 2. The average Bonchev–Trinajstić information content (AvgIpc) is 3.51. The topological polar surface area (TPSA) is 86.1 Å². The lowest BCUT2D eigenvalue weighted by Gasteiger charge is -2.18. The van der Waals surface area contributed by atoms with Crippen molar-refractivity contribution in [2.45, 2.75) is 18.1 Å². The molecule has 0 spiro atoms. The van der Waals surface area contributed by atoms with Gasteiger partial charge in [-0.1, -0.05) is 89.6 Å². The number of halogens is 2. The summed E-state index contributed by atoms with van der Waals surface area (Å²) in [6.45, 7) is 0. The second kappa shape index (κ2) is 12.1. The highest BCUT2D eigenvalue weighted by Crippen LogP contribution is 2.42. The molecular weight excluding hydrogens is 571 g/mol. The molecule has 6 nitrogen and oxygen atoms in total. The van der Waals surface area contributed by atoms with E-state index < -0.39 is 11.2 Å². The lowest BCUT2D eigenvalue weighted by atomic mass is 10.1. The van der Waals surface area contributed by atoms with E-state index in [-0.39, 0.29) is 16.5 Å². The third kappa shape index (κ3) is 6.02. The molecule has 3 aromatic carbocycles. The van der Waals surface area contributed by atoms with Gasteiger partial charge in [0.1, 0.15) is 16.7 Å². The summed E-state index contributed by atoms with van der Waals surface area (Å²) < 4.78 is 0. The Morgan fingerprint density at radius 1 is 0.974 bits per heavy atom. The van der Waals surface area contributed by atoms with Crippen LogP contribution in [-0.4, -0.2) is 22.0 Å². The maximum atomic E-state index is 13.6. The number of nitrogens with zero attached hydrogens (tertiary/aromatic N) is 3. The van der Waals surface area contributed by atoms with Crippen LogP contribution in [0.3, 0.4) is 0 Å². The van der Waals surface area contributed by atoms with Gasteiger partial charge in [-0.25, -0.2) is 4.98 Å². The molecule has 1 saturated heterocycles. The number of aromatic nitrogens is 1. The van der Waals surface area contributed by atoms with Crippen LogP contribution in [0, 0.1) is 11.3 Å². The molecule has 194 valence electrons. The fourth-order valence-corrected chi connectivity index (χ4v) is 6.64. The van der Waals surface area contributed by atoms with Crippen molar-refractivity contribution in [3.05, 3.63) is 122 Å². The predicted octanol–water partition coefficient (Wildman–Crippen LogP) is 7.11. The first-order chi connectivity index (χ1) is 18.9. The van der Waals surface area contributed by atoms with Gasteiger partial charge in [-0.15, -0.1) is 11.3 Å². The number of thiazole rings is 1. The summed E-state index contributed by atoms with van der Waals surface area (Å²) in [6, 6.07) is 25.9. The van der Waals surface area contributed by atoms with Gasteiger partial charge in [0.15, 0.2) is 5.13 Å². The van der Waals surface area contributed by atoms with Crippen molar-refractivity contribution in [3.8, 4) is 6.07 Å². The Bertz CT molecular complexity index is 1610. The molecule has 0 saturated carbocycles. The quantitative estimate of drug-likeness (QED) is 0.183. The first kappa shape index (κ1) is 27.0. The van der Waals surface area contributed by atoms with Crippen LogP contribution in [0.4, 0.5) is 10.8 Å². The predicted molar refractivity (Wildman–Crippen MR) is 158 cm³/mol. The highest BCUT2D eigenvalue weighted by molar-refractivity contribution is 8.05. The van der Waals surface area contributed by atoms with Crippen LogP contribution in [0.1, 0.15) is 16.0 Å². The molecule has 1 fully saturated rings. The molecule has 1 atom stereocenters. The van der Waals surface area contributed by atoms with E-state index in [1.807, 2.05) is 54.6 Å². The van der Waals surface area contributed by atoms with Crippen LogP contribution in [0.2, 0.25) is 10.0 Å². The van der Waals surface area contributed by atoms with E-state index in [9.17, 15) is 14.9 Å². The number of hydrogen-bond acceptors (Lipinski definition) is 6. The summed E-state index contributed by atoms with van der Waals surface area (Å²) in [5.41, 5.74) is 2.17. The molecule has 1 aromatic heterocycles. The van der Waals surface area contributed by atoms with Gasteiger partial charge in [0.25, 0.3) is 5.91 Å². The molecule has 0 aliphatic carbocycles.